The summed E-state index contributed by atoms with van der Waals surface area (Å²) in [6, 6.07) is 12.5. The van der Waals surface area contributed by atoms with Gasteiger partial charge in [0.05, 0.1) is 12.7 Å². The molecule has 2 unspecified atom stereocenters. The fraction of sp³-hybridized carbons (Fsp3) is 0.500. The summed E-state index contributed by atoms with van der Waals surface area (Å²) in [6.07, 6.45) is 5.67. The van der Waals surface area contributed by atoms with E-state index in [2.05, 4.69) is 24.3 Å². The minimum absolute atomic E-state index is 0.0851. The van der Waals surface area contributed by atoms with E-state index >= 15 is 0 Å². The zero-order valence-electron chi connectivity index (χ0n) is 16.5. The first kappa shape index (κ1) is 20.3. The molecule has 150 valence electrons. The van der Waals surface area contributed by atoms with Gasteiger partial charge in [0.15, 0.2) is 0 Å². The van der Waals surface area contributed by atoms with Gasteiger partial charge in [0.1, 0.15) is 6.04 Å². The van der Waals surface area contributed by atoms with Crippen molar-refractivity contribution in [1.29, 1.82) is 0 Å². The Morgan fingerprint density at radius 3 is 2.46 bits per heavy atom. The van der Waals surface area contributed by atoms with Crippen molar-refractivity contribution in [2.75, 3.05) is 6.61 Å². The number of ether oxygens (including phenoxy) is 1. The Morgan fingerprint density at radius 1 is 1.14 bits per heavy atom. The number of aryl methyl sites for hydroxylation is 1. The van der Waals surface area contributed by atoms with Crippen molar-refractivity contribution in [2.24, 2.45) is 0 Å². The zero-order chi connectivity index (χ0) is 20.1. The van der Waals surface area contributed by atoms with Crippen molar-refractivity contribution in [3.63, 3.8) is 0 Å². The molecule has 1 aromatic heterocycles. The van der Waals surface area contributed by atoms with E-state index in [1.807, 2.05) is 6.07 Å². The number of nitrogens with zero attached hydrogens (tertiary/aromatic N) is 2. The smallest absolute Gasteiger partial charge is 0.254 e. The summed E-state index contributed by atoms with van der Waals surface area (Å²) in [4.78, 5) is 23.5. The predicted octanol–water partition coefficient (Wildman–Crippen LogP) is 4.11. The van der Waals surface area contributed by atoms with Crippen LogP contribution in [0, 0.1) is 17.0 Å². The third-order valence-electron chi connectivity index (χ3n) is 5.86. The third-order valence-corrected chi connectivity index (χ3v) is 5.86. The van der Waals surface area contributed by atoms with Crippen LogP contribution in [0.15, 0.2) is 53.5 Å². The van der Waals surface area contributed by atoms with Gasteiger partial charge in [0.25, 0.3) is 5.56 Å². The van der Waals surface area contributed by atoms with Crippen LogP contribution in [-0.4, -0.2) is 28.2 Å². The molecule has 2 aromatic rings. The molecule has 0 N–H and O–H groups in total. The number of hydrogen-bond acceptors (Lipinski definition) is 4. The largest absolute Gasteiger partial charge is 0.376 e. The van der Waals surface area contributed by atoms with E-state index in [4.69, 9.17) is 4.74 Å². The normalized spacial score (nSPS) is 21.8. The van der Waals surface area contributed by atoms with Crippen molar-refractivity contribution in [1.82, 2.24) is 4.57 Å². The van der Waals surface area contributed by atoms with Crippen LogP contribution < -0.4 is 5.56 Å². The fourth-order valence-electron chi connectivity index (χ4n) is 4.00. The summed E-state index contributed by atoms with van der Waals surface area (Å²) in [5.74, 6) is 0.550. The van der Waals surface area contributed by atoms with Crippen molar-refractivity contribution < 1.29 is 9.66 Å². The Kier molecular flexibility index (Phi) is 6.62. The summed E-state index contributed by atoms with van der Waals surface area (Å²) >= 11 is 0. The topological polar surface area (TPSA) is 74.4 Å². The maximum atomic E-state index is 12.5. The van der Waals surface area contributed by atoms with E-state index in [0.717, 1.165) is 25.7 Å². The molecule has 0 aliphatic heterocycles. The highest BCUT2D eigenvalue weighted by Crippen LogP contribution is 2.34. The van der Waals surface area contributed by atoms with Gasteiger partial charge in [-0.3, -0.25) is 14.9 Å². The quantitative estimate of drug-likeness (QED) is 0.532. The number of pyridine rings is 1. The molecule has 1 aromatic carbocycles. The van der Waals surface area contributed by atoms with Gasteiger partial charge in [0, 0.05) is 23.6 Å². The summed E-state index contributed by atoms with van der Waals surface area (Å²) < 4.78 is 7.54. The molecule has 0 radical (unpaired) electrons. The van der Waals surface area contributed by atoms with Crippen LogP contribution in [-0.2, 0) is 4.74 Å². The lowest BCUT2D eigenvalue weighted by atomic mass is 9.83. The second-order valence-electron chi connectivity index (χ2n) is 7.71. The van der Waals surface area contributed by atoms with Gasteiger partial charge in [-0.15, -0.1) is 0 Å². The number of nitro groups is 1. The van der Waals surface area contributed by atoms with Gasteiger partial charge in [-0.05, 0) is 50.2 Å². The van der Waals surface area contributed by atoms with Gasteiger partial charge in [-0.1, -0.05) is 36.4 Å². The number of aromatic nitrogens is 1. The molecule has 3 rings (SSSR count). The third kappa shape index (κ3) is 4.68. The van der Waals surface area contributed by atoms with Crippen LogP contribution in [0.5, 0.6) is 0 Å². The van der Waals surface area contributed by atoms with Gasteiger partial charge in [-0.25, -0.2) is 0 Å². The van der Waals surface area contributed by atoms with Crippen LogP contribution in [0.1, 0.15) is 55.7 Å². The number of hydrogen-bond donors (Lipinski definition) is 0. The van der Waals surface area contributed by atoms with Crippen molar-refractivity contribution in [2.45, 2.75) is 63.6 Å². The molecule has 0 spiro atoms. The predicted molar refractivity (Wildman–Crippen MR) is 108 cm³/mol. The van der Waals surface area contributed by atoms with Gasteiger partial charge < -0.3 is 9.30 Å². The molecule has 0 bridgehead atoms. The average Bonchev–Trinajstić information content (AvgIpc) is 2.72. The first-order valence-electron chi connectivity index (χ1n) is 9.95. The first-order valence-corrected chi connectivity index (χ1v) is 9.95. The standard InChI is InChI=1S/C22H28N2O4/c1-16-7-6-14-23(22(16)25)21(17(2)24(26)27)15-28-20-12-10-19(11-13-20)18-8-4-3-5-9-18/h3-9,14,17,19-21H,10-13,15H2,1-2H3. The molecular weight excluding hydrogens is 356 g/mol. The van der Waals surface area contributed by atoms with E-state index in [9.17, 15) is 14.9 Å². The molecule has 1 aliphatic rings. The lowest BCUT2D eigenvalue weighted by molar-refractivity contribution is -0.526. The van der Waals surface area contributed by atoms with E-state index in [1.54, 1.807) is 25.3 Å². The Morgan fingerprint density at radius 2 is 1.82 bits per heavy atom. The van der Waals surface area contributed by atoms with Crippen LogP contribution in [0.4, 0.5) is 0 Å². The van der Waals surface area contributed by atoms with Crippen LogP contribution in [0.3, 0.4) is 0 Å². The molecule has 1 fully saturated rings. The number of rotatable bonds is 7. The highest BCUT2D eigenvalue weighted by Gasteiger charge is 2.31. The molecule has 1 heterocycles. The Labute approximate surface area is 165 Å². The molecule has 6 heteroatoms. The average molecular weight is 384 g/mol. The minimum Gasteiger partial charge on any atom is -0.376 e. The summed E-state index contributed by atoms with van der Waals surface area (Å²) in [7, 11) is 0. The van der Waals surface area contributed by atoms with E-state index in [0.29, 0.717) is 11.5 Å². The molecule has 1 saturated carbocycles. The molecule has 1 aliphatic carbocycles. The van der Waals surface area contributed by atoms with Crippen LogP contribution in [0.2, 0.25) is 0 Å². The Bertz CT molecular complexity index is 841. The van der Waals surface area contributed by atoms with Crippen LogP contribution >= 0.6 is 0 Å². The molecule has 6 nitrogen and oxygen atoms in total. The molecule has 0 amide bonds. The molecule has 0 saturated heterocycles. The van der Waals surface area contributed by atoms with E-state index in [-0.39, 0.29) is 23.2 Å². The van der Waals surface area contributed by atoms with E-state index < -0.39 is 12.1 Å². The Hall–Kier alpha value is -2.47. The van der Waals surface area contributed by atoms with E-state index in [1.165, 1.54) is 17.1 Å². The maximum absolute atomic E-state index is 12.5. The lowest BCUT2D eigenvalue weighted by Crippen LogP contribution is -2.39. The second-order valence-corrected chi connectivity index (χ2v) is 7.71. The fourth-order valence-corrected chi connectivity index (χ4v) is 4.00. The maximum Gasteiger partial charge on any atom is 0.254 e. The first-order chi connectivity index (χ1) is 13.5. The molecule has 28 heavy (non-hydrogen) atoms. The number of benzene rings is 1. The summed E-state index contributed by atoms with van der Waals surface area (Å²) in [5, 5.41) is 11.4. The van der Waals surface area contributed by atoms with Crippen molar-refractivity contribution in [3.05, 3.63) is 80.3 Å². The van der Waals surface area contributed by atoms with Gasteiger partial charge in [-0.2, -0.15) is 0 Å². The zero-order valence-corrected chi connectivity index (χ0v) is 16.5. The summed E-state index contributed by atoms with van der Waals surface area (Å²) in [5.41, 5.74) is 1.75. The summed E-state index contributed by atoms with van der Waals surface area (Å²) in [6.45, 7) is 3.43. The van der Waals surface area contributed by atoms with Crippen molar-refractivity contribution in [3.8, 4) is 0 Å². The highest BCUT2D eigenvalue weighted by molar-refractivity contribution is 5.20. The molecular formula is C22H28N2O4. The van der Waals surface area contributed by atoms with Gasteiger partial charge in [0.2, 0.25) is 6.04 Å². The lowest BCUT2D eigenvalue weighted by Gasteiger charge is -2.30. The SMILES string of the molecule is Cc1cccn(C(COC2CCC(c3ccccc3)CC2)C(C)[N+](=O)[O-])c1=O. The van der Waals surface area contributed by atoms with Crippen LogP contribution in [0.25, 0.3) is 0 Å². The highest BCUT2D eigenvalue weighted by atomic mass is 16.6. The minimum atomic E-state index is -0.903. The monoisotopic (exact) mass is 384 g/mol. The van der Waals surface area contributed by atoms with Gasteiger partial charge >= 0.3 is 0 Å². The van der Waals surface area contributed by atoms with Crippen molar-refractivity contribution >= 4 is 0 Å². The Balaban J connectivity index is 1.64. The second kappa shape index (κ2) is 9.15. The molecule has 2 atom stereocenters.